The normalized spacial score (nSPS) is 22.7. The van der Waals surface area contributed by atoms with Gasteiger partial charge in [0.1, 0.15) is 0 Å². The van der Waals surface area contributed by atoms with E-state index in [2.05, 4.69) is 5.10 Å². The molecular formula is C16H18F3N3O. The van der Waals surface area contributed by atoms with Crippen LogP contribution in [0.3, 0.4) is 0 Å². The van der Waals surface area contributed by atoms with Crippen molar-refractivity contribution in [3.05, 3.63) is 53.3 Å². The number of halogens is 3. The summed E-state index contributed by atoms with van der Waals surface area (Å²) in [5.74, 6) is 0. The first kappa shape index (κ1) is 16.0. The topological polar surface area (TPSA) is 41.3 Å². The number of aryl methyl sites for hydroxylation is 1. The highest BCUT2D eigenvalue weighted by Gasteiger charge is 2.35. The Labute approximate surface area is 132 Å². The smallest absolute Gasteiger partial charge is 0.392 e. The maximum absolute atomic E-state index is 12.9. The van der Waals surface area contributed by atoms with E-state index < -0.39 is 17.8 Å². The third-order valence-electron chi connectivity index (χ3n) is 4.11. The number of likely N-dealkylation sites (tertiary alicyclic amines) is 1. The van der Waals surface area contributed by atoms with Gasteiger partial charge in [-0.25, -0.2) is 0 Å². The highest BCUT2D eigenvalue weighted by molar-refractivity contribution is 5.29. The molecule has 1 aliphatic heterocycles. The third kappa shape index (κ3) is 3.56. The number of aromatic nitrogens is 2. The molecular weight excluding hydrogens is 307 g/mol. The van der Waals surface area contributed by atoms with Gasteiger partial charge in [0.2, 0.25) is 0 Å². The Morgan fingerprint density at radius 3 is 2.74 bits per heavy atom. The van der Waals surface area contributed by atoms with Crippen LogP contribution in [-0.4, -0.2) is 32.4 Å². The Bertz CT molecular complexity index is 683. The summed E-state index contributed by atoms with van der Waals surface area (Å²) in [4.78, 5) is 1.97. The number of nitrogens with zero attached hydrogens (tertiary/aromatic N) is 3. The zero-order chi connectivity index (χ0) is 16.6. The van der Waals surface area contributed by atoms with Crippen LogP contribution in [-0.2, 0) is 19.8 Å². The fourth-order valence-electron chi connectivity index (χ4n) is 3.08. The summed E-state index contributed by atoms with van der Waals surface area (Å²) in [7, 11) is 1.81. The maximum atomic E-state index is 12.9. The number of alkyl halides is 3. The van der Waals surface area contributed by atoms with Gasteiger partial charge in [-0.3, -0.25) is 9.58 Å². The van der Waals surface area contributed by atoms with Crippen molar-refractivity contribution in [2.75, 3.05) is 6.54 Å². The van der Waals surface area contributed by atoms with E-state index in [1.54, 1.807) is 10.7 Å². The van der Waals surface area contributed by atoms with Crippen LogP contribution in [0, 0.1) is 0 Å². The molecule has 7 heteroatoms. The lowest BCUT2D eigenvalue weighted by Crippen LogP contribution is -2.25. The molecule has 1 aromatic carbocycles. The van der Waals surface area contributed by atoms with E-state index in [0.29, 0.717) is 25.1 Å². The van der Waals surface area contributed by atoms with Gasteiger partial charge in [0.05, 0.1) is 17.4 Å². The molecule has 2 atom stereocenters. The fraction of sp³-hybridized carbons (Fsp3) is 0.438. The quantitative estimate of drug-likeness (QED) is 0.943. The SMILES string of the molecule is Cn1ccc(CN2C[C@@H](O)C[C@H]2c2cccc(C(F)(F)F)c2)n1. The summed E-state index contributed by atoms with van der Waals surface area (Å²) < 4.78 is 40.4. The van der Waals surface area contributed by atoms with E-state index in [1.165, 1.54) is 12.1 Å². The molecule has 1 N–H and O–H groups in total. The van der Waals surface area contributed by atoms with Gasteiger partial charge in [0, 0.05) is 32.4 Å². The van der Waals surface area contributed by atoms with Gasteiger partial charge in [-0.15, -0.1) is 0 Å². The average molecular weight is 325 g/mol. The van der Waals surface area contributed by atoms with Crippen LogP contribution >= 0.6 is 0 Å². The minimum Gasteiger partial charge on any atom is -0.392 e. The largest absolute Gasteiger partial charge is 0.416 e. The molecule has 0 spiro atoms. The predicted octanol–water partition coefficient (Wildman–Crippen LogP) is 2.75. The average Bonchev–Trinajstić information content (AvgIpc) is 3.04. The summed E-state index contributed by atoms with van der Waals surface area (Å²) in [5, 5.41) is 14.3. The second-order valence-corrected chi connectivity index (χ2v) is 5.94. The van der Waals surface area contributed by atoms with E-state index in [-0.39, 0.29) is 6.04 Å². The van der Waals surface area contributed by atoms with E-state index >= 15 is 0 Å². The zero-order valence-corrected chi connectivity index (χ0v) is 12.7. The fourth-order valence-corrected chi connectivity index (χ4v) is 3.08. The minimum atomic E-state index is -4.36. The number of rotatable bonds is 3. The molecule has 0 bridgehead atoms. The second kappa shape index (κ2) is 5.98. The minimum absolute atomic E-state index is 0.241. The highest BCUT2D eigenvalue weighted by atomic mass is 19.4. The lowest BCUT2D eigenvalue weighted by Gasteiger charge is -2.24. The lowest BCUT2D eigenvalue weighted by molar-refractivity contribution is -0.137. The van der Waals surface area contributed by atoms with E-state index in [1.807, 2.05) is 24.2 Å². The highest BCUT2D eigenvalue weighted by Crippen LogP contribution is 2.36. The number of hydrogen-bond donors (Lipinski definition) is 1. The van der Waals surface area contributed by atoms with Gasteiger partial charge >= 0.3 is 6.18 Å². The summed E-state index contributed by atoms with van der Waals surface area (Å²) in [5.41, 5.74) is 0.750. The summed E-state index contributed by atoms with van der Waals surface area (Å²) in [6, 6.07) is 6.97. The molecule has 0 unspecified atom stereocenters. The summed E-state index contributed by atoms with van der Waals surface area (Å²) in [6.07, 6.45) is -2.66. The maximum Gasteiger partial charge on any atom is 0.416 e. The van der Waals surface area contributed by atoms with Crippen molar-refractivity contribution in [1.29, 1.82) is 0 Å². The monoisotopic (exact) mass is 325 g/mol. The third-order valence-corrected chi connectivity index (χ3v) is 4.11. The summed E-state index contributed by atoms with van der Waals surface area (Å²) >= 11 is 0. The number of benzene rings is 1. The van der Waals surface area contributed by atoms with Gasteiger partial charge in [0.25, 0.3) is 0 Å². The predicted molar refractivity (Wildman–Crippen MR) is 78.4 cm³/mol. The van der Waals surface area contributed by atoms with E-state index in [4.69, 9.17) is 0 Å². The Kier molecular flexibility index (Phi) is 4.16. The molecule has 23 heavy (non-hydrogen) atoms. The van der Waals surface area contributed by atoms with Crippen molar-refractivity contribution in [2.24, 2.45) is 7.05 Å². The first-order valence-electron chi connectivity index (χ1n) is 7.41. The molecule has 3 rings (SSSR count). The first-order valence-corrected chi connectivity index (χ1v) is 7.41. The van der Waals surface area contributed by atoms with Gasteiger partial charge < -0.3 is 5.11 Å². The van der Waals surface area contributed by atoms with Crippen LogP contribution in [0.25, 0.3) is 0 Å². The van der Waals surface area contributed by atoms with E-state index in [9.17, 15) is 18.3 Å². The van der Waals surface area contributed by atoms with Crippen molar-refractivity contribution >= 4 is 0 Å². The van der Waals surface area contributed by atoms with Crippen molar-refractivity contribution in [2.45, 2.75) is 31.3 Å². The molecule has 1 aromatic heterocycles. The molecule has 2 heterocycles. The first-order chi connectivity index (χ1) is 10.8. The molecule has 0 radical (unpaired) electrons. The lowest BCUT2D eigenvalue weighted by atomic mass is 10.0. The summed E-state index contributed by atoms with van der Waals surface area (Å²) in [6.45, 7) is 0.927. The molecule has 0 aliphatic carbocycles. The molecule has 124 valence electrons. The van der Waals surface area contributed by atoms with Gasteiger partial charge in [-0.1, -0.05) is 12.1 Å². The van der Waals surface area contributed by atoms with Crippen LogP contribution in [0.4, 0.5) is 13.2 Å². The Hall–Kier alpha value is -1.86. The second-order valence-electron chi connectivity index (χ2n) is 5.94. The van der Waals surface area contributed by atoms with Gasteiger partial charge in [0.15, 0.2) is 0 Å². The molecule has 1 fully saturated rings. The molecule has 1 aliphatic rings. The molecule has 1 saturated heterocycles. The van der Waals surface area contributed by atoms with Gasteiger partial charge in [-0.05, 0) is 30.2 Å². The van der Waals surface area contributed by atoms with Crippen LogP contribution in [0.2, 0.25) is 0 Å². The Morgan fingerprint density at radius 1 is 1.30 bits per heavy atom. The van der Waals surface area contributed by atoms with Crippen molar-refractivity contribution < 1.29 is 18.3 Å². The zero-order valence-electron chi connectivity index (χ0n) is 12.7. The molecule has 4 nitrogen and oxygen atoms in total. The number of aliphatic hydroxyl groups is 1. The van der Waals surface area contributed by atoms with Crippen molar-refractivity contribution in [1.82, 2.24) is 14.7 Å². The Balaban J connectivity index is 1.84. The van der Waals surface area contributed by atoms with E-state index in [0.717, 1.165) is 11.8 Å². The van der Waals surface area contributed by atoms with Crippen LogP contribution < -0.4 is 0 Å². The number of aliphatic hydroxyl groups excluding tert-OH is 1. The van der Waals surface area contributed by atoms with Gasteiger partial charge in [-0.2, -0.15) is 18.3 Å². The number of β-amino-alcohol motifs (C(OH)–C–C–N with tert-alkyl or cyclic N) is 1. The van der Waals surface area contributed by atoms with Crippen LogP contribution in [0.15, 0.2) is 36.5 Å². The number of hydrogen-bond acceptors (Lipinski definition) is 3. The molecule has 0 saturated carbocycles. The molecule has 2 aromatic rings. The standard InChI is InChI=1S/C16H18F3N3O/c1-21-6-5-13(20-21)9-22-10-14(23)8-15(22)11-3-2-4-12(7-11)16(17,18)19/h2-7,14-15,23H,8-10H2,1H3/t14-,15-/m0/s1. The molecule has 0 amide bonds. The Morgan fingerprint density at radius 2 is 2.09 bits per heavy atom. The van der Waals surface area contributed by atoms with Crippen molar-refractivity contribution in [3.8, 4) is 0 Å². The van der Waals surface area contributed by atoms with Crippen LogP contribution in [0.5, 0.6) is 0 Å². The van der Waals surface area contributed by atoms with Crippen LogP contribution in [0.1, 0.15) is 29.3 Å². The van der Waals surface area contributed by atoms with Crippen molar-refractivity contribution in [3.63, 3.8) is 0 Å².